The topological polar surface area (TPSA) is 197 Å². The molecule has 0 spiro atoms. The highest BCUT2D eigenvalue weighted by Crippen LogP contribution is 2.30. The first-order chi connectivity index (χ1) is 19.5. The van der Waals surface area contributed by atoms with Crippen LogP contribution in [-0.2, 0) is 30.8 Å². The van der Waals surface area contributed by atoms with Crippen LogP contribution in [-0.4, -0.2) is 56.7 Å². The lowest BCUT2D eigenvalue weighted by Crippen LogP contribution is -2.52. The smallest absolute Gasteiger partial charge is 0.328 e. The van der Waals surface area contributed by atoms with Gasteiger partial charge in [0.2, 0.25) is 10.0 Å². The summed E-state index contributed by atoms with van der Waals surface area (Å²) in [6.07, 6.45) is -1.05. The van der Waals surface area contributed by atoms with E-state index in [1.807, 2.05) is 44.2 Å². The van der Waals surface area contributed by atoms with E-state index in [1.165, 1.54) is 12.1 Å². The lowest BCUT2D eigenvalue weighted by Gasteiger charge is -2.23. The summed E-state index contributed by atoms with van der Waals surface area (Å²) >= 11 is 0. The molecule has 41 heavy (non-hydrogen) atoms. The van der Waals surface area contributed by atoms with Gasteiger partial charge in [0.15, 0.2) is 0 Å². The van der Waals surface area contributed by atoms with Crippen molar-refractivity contribution >= 4 is 38.4 Å². The maximum Gasteiger partial charge on any atom is 0.328 e. The minimum Gasteiger partial charge on any atom is -0.463 e. The fourth-order valence-corrected chi connectivity index (χ4v) is 5.51. The first-order valence-electron chi connectivity index (χ1n) is 13.0. The second-order valence-corrected chi connectivity index (χ2v) is 11.6. The molecule has 0 saturated heterocycles. The summed E-state index contributed by atoms with van der Waals surface area (Å²) in [5, 5.41) is 17.4. The van der Waals surface area contributed by atoms with Crippen molar-refractivity contribution in [2.45, 2.75) is 49.8 Å². The standard InChI is InChI=1S/C28H34N6O6S/c1-18(2)16-24(32-27(36)26(35)22(29)17-19-8-4-3-5-9-19)28(37)40-15-14-31-41(38,39)25-13-7-10-20-21(25)11-6-12-23(20)33-34-30/h3-13,18,22,24,26,31,35H,14-17,29H2,1-2H3,(H,32,36)/t22-,24+,26+/m1/s1. The number of fused-ring (bicyclic) bond motifs is 1. The normalized spacial score (nSPS) is 13.7. The Bertz CT molecular complexity index is 1510. The van der Waals surface area contributed by atoms with E-state index in [-0.39, 0.29) is 36.8 Å². The van der Waals surface area contributed by atoms with Gasteiger partial charge in [0.25, 0.3) is 5.91 Å². The Morgan fingerprint density at radius 3 is 2.41 bits per heavy atom. The highest BCUT2D eigenvalue weighted by atomic mass is 32.2. The first-order valence-corrected chi connectivity index (χ1v) is 14.5. The van der Waals surface area contributed by atoms with Crippen LogP contribution >= 0.6 is 0 Å². The summed E-state index contributed by atoms with van der Waals surface area (Å²) in [5.74, 6) is -1.56. The van der Waals surface area contributed by atoms with Crippen LogP contribution in [0.5, 0.6) is 0 Å². The van der Waals surface area contributed by atoms with E-state index in [1.54, 1.807) is 24.3 Å². The average molecular weight is 583 g/mol. The van der Waals surface area contributed by atoms with Crippen molar-refractivity contribution in [2.75, 3.05) is 13.2 Å². The third-order valence-corrected chi connectivity index (χ3v) is 7.76. The number of hydrogen-bond acceptors (Lipinski definition) is 8. The molecule has 0 aliphatic rings. The van der Waals surface area contributed by atoms with Crippen molar-refractivity contribution in [3.63, 3.8) is 0 Å². The molecule has 3 rings (SSSR count). The van der Waals surface area contributed by atoms with Gasteiger partial charge in [-0.05, 0) is 41.3 Å². The fourth-order valence-electron chi connectivity index (χ4n) is 4.28. The Hall–Kier alpha value is -4.00. The maximum atomic E-state index is 13.0. The molecule has 13 heteroatoms. The number of nitrogens with two attached hydrogens (primary N) is 1. The number of ether oxygens (including phenoxy) is 1. The monoisotopic (exact) mass is 582 g/mol. The van der Waals surface area contributed by atoms with Gasteiger partial charge in [-0.25, -0.2) is 17.9 Å². The van der Waals surface area contributed by atoms with Crippen molar-refractivity contribution in [3.8, 4) is 0 Å². The number of esters is 1. The molecule has 0 saturated carbocycles. The molecule has 3 atom stereocenters. The van der Waals surface area contributed by atoms with Gasteiger partial charge in [-0.1, -0.05) is 79.6 Å². The lowest BCUT2D eigenvalue weighted by molar-refractivity contribution is -0.149. The zero-order valence-electron chi connectivity index (χ0n) is 22.8. The Labute approximate surface area is 238 Å². The van der Waals surface area contributed by atoms with E-state index in [0.717, 1.165) is 5.56 Å². The van der Waals surface area contributed by atoms with Gasteiger partial charge in [-0.3, -0.25) is 4.79 Å². The Kier molecular flexibility index (Phi) is 11.2. The van der Waals surface area contributed by atoms with Crippen LogP contribution in [0.15, 0.2) is 76.7 Å². The number of aliphatic hydroxyl groups excluding tert-OH is 1. The minimum atomic E-state index is -4.01. The molecule has 1 amide bonds. The lowest BCUT2D eigenvalue weighted by atomic mass is 10.00. The minimum absolute atomic E-state index is 0.00288. The van der Waals surface area contributed by atoms with Crippen LogP contribution in [0, 0.1) is 5.92 Å². The number of nitrogens with zero attached hydrogens (tertiary/aromatic N) is 3. The van der Waals surface area contributed by atoms with E-state index in [4.69, 9.17) is 16.0 Å². The number of benzene rings is 3. The number of carbonyl (C=O) groups is 2. The predicted octanol–water partition coefficient (Wildman–Crippen LogP) is 3.06. The summed E-state index contributed by atoms with van der Waals surface area (Å²) in [7, 11) is -4.01. The van der Waals surface area contributed by atoms with Crippen LogP contribution in [0.25, 0.3) is 21.2 Å². The number of rotatable bonds is 14. The number of hydrogen-bond donors (Lipinski definition) is 4. The molecule has 0 aliphatic carbocycles. The van der Waals surface area contributed by atoms with E-state index in [0.29, 0.717) is 16.5 Å². The maximum absolute atomic E-state index is 13.0. The number of amides is 1. The van der Waals surface area contributed by atoms with Gasteiger partial charge in [0.05, 0.1) is 4.90 Å². The van der Waals surface area contributed by atoms with Crippen molar-refractivity contribution in [1.82, 2.24) is 10.0 Å². The summed E-state index contributed by atoms with van der Waals surface area (Å²) in [6, 6.07) is 16.6. The Morgan fingerprint density at radius 1 is 1.05 bits per heavy atom. The number of nitrogens with one attached hydrogen (secondary N) is 2. The van der Waals surface area contributed by atoms with Crippen LogP contribution < -0.4 is 15.8 Å². The van der Waals surface area contributed by atoms with Gasteiger partial charge in [-0.2, -0.15) is 0 Å². The molecule has 5 N–H and O–H groups in total. The number of sulfonamides is 1. The van der Waals surface area contributed by atoms with E-state index in [9.17, 15) is 23.1 Å². The van der Waals surface area contributed by atoms with Gasteiger partial charge in [0, 0.05) is 28.6 Å². The Balaban J connectivity index is 1.59. The van der Waals surface area contributed by atoms with Gasteiger partial charge in [-0.15, -0.1) is 0 Å². The number of azide groups is 1. The Morgan fingerprint density at radius 2 is 1.73 bits per heavy atom. The molecule has 3 aromatic carbocycles. The van der Waals surface area contributed by atoms with Crippen molar-refractivity contribution in [3.05, 3.63) is 82.7 Å². The molecule has 3 aromatic rings. The summed E-state index contributed by atoms with van der Waals surface area (Å²) in [6.45, 7) is 3.19. The molecule has 0 bridgehead atoms. The molecule has 0 unspecified atom stereocenters. The van der Waals surface area contributed by atoms with Crippen LogP contribution in [0.1, 0.15) is 25.8 Å². The molecule has 0 aliphatic heterocycles. The van der Waals surface area contributed by atoms with Crippen LogP contribution in [0.3, 0.4) is 0 Å². The summed E-state index contributed by atoms with van der Waals surface area (Å²) < 4.78 is 33.7. The molecule has 0 fully saturated rings. The largest absolute Gasteiger partial charge is 0.463 e. The SMILES string of the molecule is CC(C)C[C@H](NC(=O)[C@@H](O)[C@H](N)Cc1ccccc1)C(=O)OCCNS(=O)(=O)c1cccc2c(N=[N+]=[N-])cccc12. The van der Waals surface area contributed by atoms with Gasteiger partial charge >= 0.3 is 5.97 Å². The third-order valence-electron chi connectivity index (χ3n) is 6.24. The van der Waals surface area contributed by atoms with Crippen LogP contribution in [0.2, 0.25) is 0 Å². The number of aliphatic hydroxyl groups is 1. The van der Waals surface area contributed by atoms with Crippen molar-refractivity contribution in [2.24, 2.45) is 16.8 Å². The van der Waals surface area contributed by atoms with Crippen LogP contribution in [0.4, 0.5) is 5.69 Å². The molecular weight excluding hydrogens is 548 g/mol. The van der Waals surface area contributed by atoms with Gasteiger partial charge < -0.3 is 20.9 Å². The van der Waals surface area contributed by atoms with E-state index < -0.39 is 40.1 Å². The predicted molar refractivity (Wildman–Crippen MR) is 154 cm³/mol. The zero-order valence-corrected chi connectivity index (χ0v) is 23.6. The molecule has 0 radical (unpaired) electrons. The molecule has 12 nitrogen and oxygen atoms in total. The highest BCUT2D eigenvalue weighted by Gasteiger charge is 2.29. The summed E-state index contributed by atoms with van der Waals surface area (Å²) in [5.41, 5.74) is 16.0. The van der Waals surface area contributed by atoms with Crippen molar-refractivity contribution in [1.29, 1.82) is 0 Å². The highest BCUT2D eigenvalue weighted by molar-refractivity contribution is 7.89. The average Bonchev–Trinajstić information content (AvgIpc) is 2.94. The zero-order chi connectivity index (χ0) is 30.0. The second-order valence-electron chi connectivity index (χ2n) is 9.87. The molecule has 218 valence electrons. The van der Waals surface area contributed by atoms with E-state index in [2.05, 4.69) is 20.1 Å². The molecular formula is C28H34N6O6S. The third kappa shape index (κ3) is 8.74. The quantitative estimate of drug-likeness (QED) is 0.0736. The van der Waals surface area contributed by atoms with E-state index >= 15 is 0 Å². The fraction of sp³-hybridized carbons (Fsp3) is 0.357. The first kappa shape index (κ1) is 31.5. The molecule has 0 aromatic heterocycles. The second kappa shape index (κ2) is 14.6. The summed E-state index contributed by atoms with van der Waals surface area (Å²) in [4.78, 5) is 28.2. The number of carbonyl (C=O) groups excluding carboxylic acids is 2. The molecule has 0 heterocycles. The van der Waals surface area contributed by atoms with Crippen molar-refractivity contribution < 1.29 is 27.9 Å². The van der Waals surface area contributed by atoms with Gasteiger partial charge in [0.1, 0.15) is 18.8 Å².